The van der Waals surface area contributed by atoms with E-state index in [-0.39, 0.29) is 5.69 Å². The van der Waals surface area contributed by atoms with Crippen LogP contribution in [0.2, 0.25) is 0 Å². The zero-order chi connectivity index (χ0) is 14.4. The highest BCUT2D eigenvalue weighted by Crippen LogP contribution is 2.47. The van der Waals surface area contributed by atoms with Crippen LogP contribution in [-0.4, -0.2) is 18.0 Å². The molecule has 0 N–H and O–H groups in total. The fourth-order valence-corrected chi connectivity index (χ4v) is 3.89. The Morgan fingerprint density at radius 2 is 1.85 bits per heavy atom. The molecule has 4 nitrogen and oxygen atoms in total. The lowest BCUT2D eigenvalue weighted by Gasteiger charge is -2.48. The zero-order valence-corrected chi connectivity index (χ0v) is 11.8. The van der Waals surface area contributed by atoms with E-state index in [9.17, 15) is 14.5 Å². The van der Waals surface area contributed by atoms with Gasteiger partial charge in [0, 0.05) is 19.2 Å². The summed E-state index contributed by atoms with van der Waals surface area (Å²) in [6.07, 6.45) is 4.88. The summed E-state index contributed by atoms with van der Waals surface area (Å²) < 4.78 is 14.2. The van der Waals surface area contributed by atoms with Crippen molar-refractivity contribution in [1.29, 1.82) is 0 Å². The Balaban J connectivity index is 1.87. The molecule has 0 aliphatic heterocycles. The maximum absolute atomic E-state index is 14.2. The molecule has 2 bridgehead atoms. The summed E-state index contributed by atoms with van der Waals surface area (Å²) in [6, 6.07) is 2.85. The fraction of sp³-hybridized carbons (Fsp3) is 0.600. The van der Waals surface area contributed by atoms with Gasteiger partial charge in [-0.2, -0.15) is 0 Å². The predicted octanol–water partition coefficient (Wildman–Crippen LogP) is 3.67. The van der Waals surface area contributed by atoms with Crippen LogP contribution in [0.1, 0.15) is 31.2 Å². The summed E-state index contributed by atoms with van der Waals surface area (Å²) >= 11 is 0. The molecule has 0 atom stereocenters. The van der Waals surface area contributed by atoms with Gasteiger partial charge in [-0.1, -0.05) is 0 Å². The summed E-state index contributed by atoms with van der Waals surface area (Å²) in [6.45, 7) is 1.74. The van der Waals surface area contributed by atoms with Crippen molar-refractivity contribution in [2.45, 2.75) is 38.6 Å². The Hall–Kier alpha value is -1.65. The number of non-ortho nitro benzene ring substituents is 1. The second kappa shape index (κ2) is 4.72. The van der Waals surface area contributed by atoms with Gasteiger partial charge >= 0.3 is 0 Å². The van der Waals surface area contributed by atoms with Gasteiger partial charge in [-0.05, 0) is 50.0 Å². The van der Waals surface area contributed by atoms with E-state index >= 15 is 0 Å². The van der Waals surface area contributed by atoms with Gasteiger partial charge in [0.05, 0.1) is 16.7 Å². The van der Waals surface area contributed by atoms with Crippen LogP contribution in [0.15, 0.2) is 12.1 Å². The van der Waals surface area contributed by atoms with Crippen LogP contribution in [0.4, 0.5) is 15.8 Å². The molecule has 1 aromatic rings. The molecule has 5 heteroatoms. The van der Waals surface area contributed by atoms with Crippen LogP contribution in [0.25, 0.3) is 0 Å². The summed E-state index contributed by atoms with van der Waals surface area (Å²) in [5, 5.41) is 10.8. The lowest BCUT2D eigenvalue weighted by Crippen LogP contribution is -2.45. The number of fused-ring (bicyclic) bond motifs is 2. The third-order valence-electron chi connectivity index (χ3n) is 4.89. The van der Waals surface area contributed by atoms with Crippen LogP contribution >= 0.6 is 0 Å². The van der Waals surface area contributed by atoms with Gasteiger partial charge in [0.25, 0.3) is 5.69 Å². The second-order valence-electron chi connectivity index (χ2n) is 6.29. The van der Waals surface area contributed by atoms with E-state index in [1.165, 1.54) is 18.9 Å². The minimum atomic E-state index is -0.546. The number of hydrogen-bond acceptors (Lipinski definition) is 3. The molecule has 3 aliphatic rings. The van der Waals surface area contributed by atoms with Gasteiger partial charge in [-0.3, -0.25) is 10.1 Å². The van der Waals surface area contributed by atoms with Crippen molar-refractivity contribution in [3.05, 3.63) is 33.6 Å². The quantitative estimate of drug-likeness (QED) is 0.626. The number of hydrogen-bond donors (Lipinski definition) is 0. The molecule has 3 saturated carbocycles. The first-order valence-electron chi connectivity index (χ1n) is 7.13. The number of nitro groups is 1. The molecule has 0 unspecified atom stereocenters. The maximum atomic E-state index is 14.2. The number of benzene rings is 1. The molecule has 0 heterocycles. The van der Waals surface area contributed by atoms with Crippen molar-refractivity contribution in [3.63, 3.8) is 0 Å². The average molecular weight is 278 g/mol. The first-order chi connectivity index (χ1) is 9.45. The lowest BCUT2D eigenvalue weighted by atomic mass is 9.63. The van der Waals surface area contributed by atoms with Gasteiger partial charge in [0.15, 0.2) is 5.82 Å². The summed E-state index contributed by atoms with van der Waals surface area (Å²) in [7, 11) is 1.91. The Kier molecular flexibility index (Phi) is 3.15. The Morgan fingerprint density at radius 3 is 2.35 bits per heavy atom. The van der Waals surface area contributed by atoms with Gasteiger partial charge in [-0.15, -0.1) is 0 Å². The predicted molar refractivity (Wildman–Crippen MR) is 75.4 cm³/mol. The Morgan fingerprint density at radius 1 is 1.25 bits per heavy atom. The molecule has 1 aromatic carbocycles. The van der Waals surface area contributed by atoms with Crippen LogP contribution in [-0.2, 0) is 0 Å². The highest BCUT2D eigenvalue weighted by molar-refractivity contribution is 5.59. The van der Waals surface area contributed by atoms with E-state index in [4.69, 9.17) is 0 Å². The molecule has 0 saturated heterocycles. The third kappa shape index (κ3) is 2.15. The average Bonchev–Trinajstić information content (AvgIpc) is 2.36. The number of rotatable bonds is 3. The molecule has 3 aliphatic carbocycles. The molecule has 0 amide bonds. The number of aryl methyl sites for hydroxylation is 1. The van der Waals surface area contributed by atoms with Crippen LogP contribution < -0.4 is 4.90 Å². The normalized spacial score (nSPS) is 27.9. The largest absolute Gasteiger partial charge is 0.369 e. The maximum Gasteiger partial charge on any atom is 0.272 e. The van der Waals surface area contributed by atoms with Crippen LogP contribution in [0.5, 0.6) is 0 Å². The summed E-state index contributed by atoms with van der Waals surface area (Å²) in [4.78, 5) is 12.2. The van der Waals surface area contributed by atoms with E-state index in [1.807, 2.05) is 11.9 Å². The van der Waals surface area contributed by atoms with Crippen LogP contribution in [0, 0.1) is 34.7 Å². The molecule has 0 aromatic heterocycles. The SMILES string of the molecule is Cc1cc([N+](=O)[O-])cc(F)c1N(C)C1CC2CC(C2)C1. The van der Waals surface area contributed by atoms with E-state index in [1.54, 1.807) is 6.92 Å². The van der Waals surface area contributed by atoms with E-state index in [0.29, 0.717) is 17.3 Å². The number of nitrogens with zero attached hydrogens (tertiary/aromatic N) is 2. The molecule has 108 valence electrons. The number of anilines is 1. The van der Waals surface area contributed by atoms with Gasteiger partial charge < -0.3 is 4.90 Å². The van der Waals surface area contributed by atoms with E-state index < -0.39 is 10.7 Å². The molecule has 20 heavy (non-hydrogen) atoms. The van der Waals surface area contributed by atoms with Gasteiger partial charge in [0.2, 0.25) is 0 Å². The molecule has 0 radical (unpaired) electrons. The van der Waals surface area contributed by atoms with Crippen molar-refractivity contribution < 1.29 is 9.31 Å². The van der Waals surface area contributed by atoms with Crippen molar-refractivity contribution in [3.8, 4) is 0 Å². The third-order valence-corrected chi connectivity index (χ3v) is 4.89. The van der Waals surface area contributed by atoms with Gasteiger partial charge in [0.1, 0.15) is 0 Å². The number of halogens is 1. The molecular weight excluding hydrogens is 259 g/mol. The topological polar surface area (TPSA) is 46.4 Å². The summed E-state index contributed by atoms with van der Waals surface area (Å²) in [5.74, 6) is 1.10. The Labute approximate surface area is 117 Å². The van der Waals surface area contributed by atoms with Crippen molar-refractivity contribution in [2.75, 3.05) is 11.9 Å². The van der Waals surface area contributed by atoms with E-state index in [2.05, 4.69) is 0 Å². The highest BCUT2D eigenvalue weighted by Gasteiger charge is 2.40. The lowest BCUT2D eigenvalue weighted by molar-refractivity contribution is -0.385. The monoisotopic (exact) mass is 278 g/mol. The van der Waals surface area contributed by atoms with Crippen molar-refractivity contribution in [2.24, 2.45) is 11.8 Å². The first kappa shape index (κ1) is 13.3. The molecule has 3 fully saturated rings. The zero-order valence-electron chi connectivity index (χ0n) is 11.8. The molecule has 0 spiro atoms. The fourth-order valence-electron chi connectivity index (χ4n) is 3.89. The molecule has 4 rings (SSSR count). The second-order valence-corrected chi connectivity index (χ2v) is 6.29. The smallest absolute Gasteiger partial charge is 0.272 e. The van der Waals surface area contributed by atoms with Crippen molar-refractivity contribution in [1.82, 2.24) is 0 Å². The standard InChI is InChI=1S/C15H19FN2O2/c1-9-3-13(18(19)20)8-14(16)15(9)17(2)12-6-10-4-11(5-10)7-12/h3,8,10-12H,4-7H2,1-2H3. The number of nitro benzene ring substituents is 1. The van der Waals surface area contributed by atoms with Crippen molar-refractivity contribution >= 4 is 11.4 Å². The molecular formula is C15H19FN2O2. The van der Waals surface area contributed by atoms with Gasteiger partial charge in [-0.25, -0.2) is 4.39 Å². The summed E-state index contributed by atoms with van der Waals surface area (Å²) in [5.41, 5.74) is 0.976. The van der Waals surface area contributed by atoms with E-state index in [0.717, 1.165) is 30.7 Å². The first-order valence-corrected chi connectivity index (χ1v) is 7.13. The minimum Gasteiger partial charge on any atom is -0.369 e. The highest BCUT2D eigenvalue weighted by atomic mass is 19.1. The van der Waals surface area contributed by atoms with Crippen LogP contribution in [0.3, 0.4) is 0 Å². The minimum absolute atomic E-state index is 0.177. The Bertz CT molecular complexity index is 522.